The molecule has 3 rings (SSSR count). The Morgan fingerprint density at radius 2 is 1.93 bits per heavy atom. The molecule has 2 unspecified atom stereocenters. The molecule has 7 nitrogen and oxygen atoms in total. The summed E-state index contributed by atoms with van der Waals surface area (Å²) in [6, 6.07) is 13.7. The van der Waals surface area contributed by atoms with Gasteiger partial charge in [0, 0.05) is 13.0 Å². The number of carbonyl (C=O) groups excluding carboxylic acids is 2. The maximum absolute atomic E-state index is 12.6. The van der Waals surface area contributed by atoms with Crippen molar-refractivity contribution >= 4 is 23.5 Å². The Hall–Kier alpha value is -3.35. The van der Waals surface area contributed by atoms with E-state index in [1.807, 2.05) is 37.3 Å². The Morgan fingerprint density at radius 3 is 2.61 bits per heavy atom. The Kier molecular flexibility index (Phi) is 5.63. The van der Waals surface area contributed by atoms with E-state index in [4.69, 9.17) is 5.11 Å². The first-order valence-corrected chi connectivity index (χ1v) is 9.04. The van der Waals surface area contributed by atoms with Crippen molar-refractivity contribution in [1.29, 1.82) is 0 Å². The molecule has 146 valence electrons. The SMILES string of the molecule is CC(c1ccccc1)N1CC(C(=O)Nc2cc(CC(=O)O)ccc2O)CC1=O. The molecule has 1 fully saturated rings. The van der Waals surface area contributed by atoms with Gasteiger partial charge in [0.05, 0.1) is 24.1 Å². The first-order chi connectivity index (χ1) is 13.3. The van der Waals surface area contributed by atoms with Gasteiger partial charge in [-0.3, -0.25) is 14.4 Å². The molecule has 0 aliphatic carbocycles. The topological polar surface area (TPSA) is 107 Å². The predicted octanol–water partition coefficient (Wildman–Crippen LogP) is 2.57. The maximum Gasteiger partial charge on any atom is 0.307 e. The number of phenols is 1. The summed E-state index contributed by atoms with van der Waals surface area (Å²) in [6.07, 6.45) is -0.119. The summed E-state index contributed by atoms with van der Waals surface area (Å²) < 4.78 is 0. The second kappa shape index (κ2) is 8.12. The Labute approximate surface area is 162 Å². The van der Waals surface area contributed by atoms with Crippen LogP contribution in [-0.2, 0) is 20.8 Å². The number of benzene rings is 2. The van der Waals surface area contributed by atoms with Crippen LogP contribution in [-0.4, -0.2) is 39.4 Å². The van der Waals surface area contributed by atoms with Gasteiger partial charge in [-0.05, 0) is 30.2 Å². The highest BCUT2D eigenvalue weighted by Gasteiger charge is 2.37. The summed E-state index contributed by atoms with van der Waals surface area (Å²) in [5, 5.41) is 21.5. The maximum atomic E-state index is 12.6. The van der Waals surface area contributed by atoms with Crippen LogP contribution in [0.4, 0.5) is 5.69 Å². The molecule has 1 aliphatic heterocycles. The van der Waals surface area contributed by atoms with Crippen molar-refractivity contribution < 1.29 is 24.6 Å². The normalized spacial score (nSPS) is 17.4. The summed E-state index contributed by atoms with van der Waals surface area (Å²) in [6.45, 7) is 2.21. The summed E-state index contributed by atoms with van der Waals surface area (Å²) in [5.41, 5.74) is 1.60. The predicted molar refractivity (Wildman–Crippen MR) is 103 cm³/mol. The van der Waals surface area contributed by atoms with Crippen LogP contribution in [0, 0.1) is 5.92 Å². The van der Waals surface area contributed by atoms with Crippen LogP contribution in [0.2, 0.25) is 0 Å². The van der Waals surface area contributed by atoms with Crippen LogP contribution in [0.1, 0.15) is 30.5 Å². The average Bonchev–Trinajstić information content (AvgIpc) is 3.06. The summed E-state index contributed by atoms with van der Waals surface area (Å²) in [5.74, 6) is -2.17. The lowest BCUT2D eigenvalue weighted by atomic mass is 10.1. The van der Waals surface area contributed by atoms with E-state index in [0.29, 0.717) is 5.56 Å². The molecule has 1 saturated heterocycles. The van der Waals surface area contributed by atoms with Crippen molar-refractivity contribution in [1.82, 2.24) is 4.90 Å². The smallest absolute Gasteiger partial charge is 0.307 e. The number of carboxylic acids is 1. The molecule has 0 aromatic heterocycles. The number of phenolic OH excluding ortho intramolecular Hbond substituents is 1. The van der Waals surface area contributed by atoms with Gasteiger partial charge in [-0.1, -0.05) is 36.4 Å². The highest BCUT2D eigenvalue weighted by atomic mass is 16.4. The first-order valence-electron chi connectivity index (χ1n) is 9.04. The number of aliphatic carboxylic acids is 1. The van der Waals surface area contributed by atoms with Gasteiger partial charge in [0.1, 0.15) is 5.75 Å². The molecule has 3 N–H and O–H groups in total. The molecule has 0 radical (unpaired) electrons. The molecule has 2 amide bonds. The summed E-state index contributed by atoms with van der Waals surface area (Å²) in [4.78, 5) is 37.6. The van der Waals surface area contributed by atoms with E-state index in [9.17, 15) is 19.5 Å². The number of nitrogens with one attached hydrogen (secondary N) is 1. The molecular weight excluding hydrogens is 360 g/mol. The fourth-order valence-corrected chi connectivity index (χ4v) is 3.40. The fourth-order valence-electron chi connectivity index (χ4n) is 3.40. The molecule has 1 aliphatic rings. The van der Waals surface area contributed by atoms with E-state index < -0.39 is 11.9 Å². The van der Waals surface area contributed by atoms with E-state index in [2.05, 4.69) is 5.32 Å². The highest BCUT2D eigenvalue weighted by molar-refractivity contribution is 5.98. The van der Waals surface area contributed by atoms with Crippen LogP contribution < -0.4 is 5.32 Å². The Morgan fingerprint density at radius 1 is 1.21 bits per heavy atom. The Balaban J connectivity index is 1.69. The largest absolute Gasteiger partial charge is 0.506 e. The van der Waals surface area contributed by atoms with Crippen molar-refractivity contribution in [2.24, 2.45) is 5.92 Å². The zero-order valence-electron chi connectivity index (χ0n) is 15.5. The lowest BCUT2D eigenvalue weighted by Crippen LogP contribution is -2.30. The number of nitrogens with zero attached hydrogens (tertiary/aromatic N) is 1. The van der Waals surface area contributed by atoms with Crippen molar-refractivity contribution in [2.75, 3.05) is 11.9 Å². The molecule has 0 spiro atoms. The van der Waals surface area contributed by atoms with Crippen molar-refractivity contribution in [3.05, 3.63) is 59.7 Å². The van der Waals surface area contributed by atoms with E-state index in [-0.39, 0.29) is 48.7 Å². The monoisotopic (exact) mass is 382 g/mol. The summed E-state index contributed by atoms with van der Waals surface area (Å²) in [7, 11) is 0. The molecule has 28 heavy (non-hydrogen) atoms. The molecule has 0 bridgehead atoms. The number of anilines is 1. The van der Waals surface area contributed by atoms with Crippen LogP contribution in [0.15, 0.2) is 48.5 Å². The number of likely N-dealkylation sites (tertiary alicyclic amines) is 1. The van der Waals surface area contributed by atoms with Gasteiger partial charge in [0.15, 0.2) is 0 Å². The second-order valence-corrected chi connectivity index (χ2v) is 6.95. The standard InChI is InChI=1S/C21H22N2O5/c1-13(15-5-3-2-4-6-15)23-12-16(11-19(23)25)21(28)22-17-9-14(10-20(26)27)7-8-18(17)24/h2-9,13,16,24H,10-12H2,1H3,(H,22,28)(H,26,27). The molecule has 2 aromatic carbocycles. The van der Waals surface area contributed by atoms with Crippen molar-refractivity contribution in [3.8, 4) is 5.75 Å². The van der Waals surface area contributed by atoms with Gasteiger partial charge in [0.2, 0.25) is 11.8 Å². The van der Waals surface area contributed by atoms with Crippen molar-refractivity contribution in [3.63, 3.8) is 0 Å². The third-order valence-electron chi connectivity index (χ3n) is 4.95. The zero-order valence-corrected chi connectivity index (χ0v) is 15.5. The average molecular weight is 382 g/mol. The number of hydrogen-bond acceptors (Lipinski definition) is 4. The number of hydrogen-bond donors (Lipinski definition) is 3. The lowest BCUT2D eigenvalue weighted by Gasteiger charge is -2.25. The fraction of sp³-hybridized carbons (Fsp3) is 0.286. The van der Waals surface area contributed by atoms with Gasteiger partial charge in [-0.2, -0.15) is 0 Å². The van der Waals surface area contributed by atoms with Gasteiger partial charge in [-0.25, -0.2) is 0 Å². The first kappa shape index (κ1) is 19.4. The van der Waals surface area contributed by atoms with E-state index in [1.165, 1.54) is 18.2 Å². The number of aromatic hydroxyl groups is 1. The third kappa shape index (κ3) is 4.31. The van der Waals surface area contributed by atoms with Gasteiger partial charge in [0.25, 0.3) is 0 Å². The minimum Gasteiger partial charge on any atom is -0.506 e. The number of carboxylic acid groups (broad SMARTS) is 1. The number of amides is 2. The molecule has 0 saturated carbocycles. The molecule has 2 atom stereocenters. The van der Waals surface area contributed by atoms with Crippen LogP contribution in [0.3, 0.4) is 0 Å². The summed E-state index contributed by atoms with van der Waals surface area (Å²) >= 11 is 0. The zero-order chi connectivity index (χ0) is 20.3. The van der Waals surface area contributed by atoms with Gasteiger partial charge in [-0.15, -0.1) is 0 Å². The van der Waals surface area contributed by atoms with Crippen molar-refractivity contribution in [2.45, 2.75) is 25.8 Å². The quantitative estimate of drug-likeness (QED) is 0.666. The van der Waals surface area contributed by atoms with Crippen LogP contribution in [0.5, 0.6) is 5.75 Å². The molecule has 2 aromatic rings. The minimum atomic E-state index is -1.00. The molecular formula is C21H22N2O5. The van der Waals surface area contributed by atoms with Gasteiger partial charge < -0.3 is 20.4 Å². The second-order valence-electron chi connectivity index (χ2n) is 6.95. The Bertz CT molecular complexity index is 897. The highest BCUT2D eigenvalue weighted by Crippen LogP contribution is 2.30. The lowest BCUT2D eigenvalue weighted by molar-refractivity contribution is -0.136. The van der Waals surface area contributed by atoms with E-state index >= 15 is 0 Å². The number of rotatable bonds is 6. The van der Waals surface area contributed by atoms with E-state index in [0.717, 1.165) is 5.56 Å². The van der Waals surface area contributed by atoms with Crippen LogP contribution >= 0.6 is 0 Å². The third-order valence-corrected chi connectivity index (χ3v) is 4.95. The van der Waals surface area contributed by atoms with E-state index in [1.54, 1.807) is 4.90 Å². The van der Waals surface area contributed by atoms with Crippen LogP contribution in [0.25, 0.3) is 0 Å². The molecule has 7 heteroatoms. The van der Waals surface area contributed by atoms with Gasteiger partial charge >= 0.3 is 5.97 Å². The number of carbonyl (C=O) groups is 3. The molecule has 1 heterocycles. The minimum absolute atomic E-state index is 0.0958.